The van der Waals surface area contributed by atoms with Crippen molar-refractivity contribution in [3.8, 4) is 0 Å². The number of aliphatic imine (C=N–C) groups is 1. The predicted molar refractivity (Wildman–Crippen MR) is 121 cm³/mol. The number of hydrogen-bond donors (Lipinski definition) is 2. The van der Waals surface area contributed by atoms with Crippen LogP contribution in [-0.2, 0) is 19.5 Å². The number of nitrogens with one attached hydrogen (secondary N) is 2. The van der Waals surface area contributed by atoms with Gasteiger partial charge in [-0.25, -0.2) is 4.99 Å². The lowest BCUT2D eigenvalue weighted by molar-refractivity contribution is 0.260. The lowest BCUT2D eigenvalue weighted by Gasteiger charge is -2.27. The molecular formula is C18H27IN4S2. The quantitative estimate of drug-likeness (QED) is 0.367. The minimum absolute atomic E-state index is 0. The molecule has 0 bridgehead atoms. The molecular weight excluding hydrogens is 463 g/mol. The molecule has 25 heavy (non-hydrogen) atoms. The van der Waals surface area contributed by atoms with E-state index in [0.29, 0.717) is 0 Å². The molecule has 138 valence electrons. The zero-order chi connectivity index (χ0) is 16.8. The number of guanidine groups is 1. The zero-order valence-electron chi connectivity index (χ0n) is 14.9. The molecule has 0 fully saturated rings. The molecule has 1 aliphatic heterocycles. The standard InChI is InChI=1S/C18H26N4S2.HI/c1-3-19-18(21-12-16-5-4-14(2)24-16)20-8-10-22-9-6-17-15(13-22)7-11-23-17;/h4-5,7,11H,3,6,8-10,12-13H2,1-2H3,(H2,19,20,21);1H. The highest BCUT2D eigenvalue weighted by Gasteiger charge is 2.16. The van der Waals surface area contributed by atoms with E-state index >= 15 is 0 Å². The maximum Gasteiger partial charge on any atom is 0.191 e. The van der Waals surface area contributed by atoms with Gasteiger partial charge in [0.05, 0.1) is 6.54 Å². The second kappa shape index (κ2) is 10.5. The van der Waals surface area contributed by atoms with Gasteiger partial charge in [0.2, 0.25) is 0 Å². The van der Waals surface area contributed by atoms with Gasteiger partial charge in [-0.2, -0.15) is 0 Å². The molecule has 0 unspecified atom stereocenters. The Labute approximate surface area is 175 Å². The van der Waals surface area contributed by atoms with Crippen molar-refractivity contribution in [2.45, 2.75) is 33.4 Å². The van der Waals surface area contributed by atoms with Crippen LogP contribution in [0.1, 0.15) is 27.1 Å². The highest BCUT2D eigenvalue weighted by Crippen LogP contribution is 2.23. The topological polar surface area (TPSA) is 39.7 Å². The molecule has 0 radical (unpaired) electrons. The molecule has 3 rings (SSSR count). The minimum atomic E-state index is 0. The Balaban J connectivity index is 0.00000225. The van der Waals surface area contributed by atoms with E-state index < -0.39 is 0 Å². The molecule has 7 heteroatoms. The van der Waals surface area contributed by atoms with Crippen LogP contribution >= 0.6 is 46.7 Å². The van der Waals surface area contributed by atoms with Crippen LogP contribution in [0.5, 0.6) is 0 Å². The van der Waals surface area contributed by atoms with Gasteiger partial charge < -0.3 is 10.6 Å². The third-order valence-electron chi connectivity index (χ3n) is 4.14. The number of rotatable bonds is 6. The SMILES string of the molecule is CCNC(=NCc1ccc(C)s1)NCCN1CCc2sccc2C1.I. The highest BCUT2D eigenvalue weighted by atomic mass is 127. The normalized spacial score (nSPS) is 14.7. The van der Waals surface area contributed by atoms with Crippen LogP contribution < -0.4 is 10.6 Å². The smallest absolute Gasteiger partial charge is 0.191 e. The molecule has 0 saturated heterocycles. The van der Waals surface area contributed by atoms with E-state index in [1.54, 1.807) is 4.88 Å². The first kappa shape index (κ1) is 20.7. The van der Waals surface area contributed by atoms with Crippen molar-refractivity contribution < 1.29 is 0 Å². The fraction of sp³-hybridized carbons (Fsp3) is 0.500. The first-order valence-electron chi connectivity index (χ1n) is 8.59. The second-order valence-corrected chi connectivity index (χ2v) is 8.40. The van der Waals surface area contributed by atoms with Crippen LogP contribution in [0.2, 0.25) is 0 Å². The predicted octanol–water partition coefficient (Wildman–Crippen LogP) is 3.85. The Kier molecular flexibility index (Phi) is 8.68. The van der Waals surface area contributed by atoms with Gasteiger partial charge in [-0.1, -0.05) is 0 Å². The fourth-order valence-corrected chi connectivity index (χ4v) is 4.60. The van der Waals surface area contributed by atoms with E-state index in [1.807, 2.05) is 22.7 Å². The maximum atomic E-state index is 4.70. The molecule has 0 aliphatic carbocycles. The zero-order valence-corrected chi connectivity index (χ0v) is 18.8. The van der Waals surface area contributed by atoms with Crippen molar-refractivity contribution in [3.63, 3.8) is 0 Å². The first-order valence-corrected chi connectivity index (χ1v) is 10.3. The molecule has 4 nitrogen and oxygen atoms in total. The maximum absolute atomic E-state index is 4.70. The van der Waals surface area contributed by atoms with Crippen LogP contribution in [0, 0.1) is 6.92 Å². The summed E-state index contributed by atoms with van der Waals surface area (Å²) >= 11 is 3.72. The molecule has 2 N–H and O–H groups in total. The van der Waals surface area contributed by atoms with Gasteiger partial charge in [0.15, 0.2) is 5.96 Å². The van der Waals surface area contributed by atoms with Gasteiger partial charge in [0, 0.05) is 47.4 Å². The van der Waals surface area contributed by atoms with E-state index in [2.05, 4.69) is 53.0 Å². The number of nitrogens with zero attached hydrogens (tertiary/aromatic N) is 2. The highest BCUT2D eigenvalue weighted by molar-refractivity contribution is 14.0. The van der Waals surface area contributed by atoms with Crippen molar-refractivity contribution in [3.05, 3.63) is 43.8 Å². The van der Waals surface area contributed by atoms with Crippen molar-refractivity contribution in [2.75, 3.05) is 26.2 Å². The summed E-state index contributed by atoms with van der Waals surface area (Å²) in [6.07, 6.45) is 1.19. The third-order valence-corrected chi connectivity index (χ3v) is 6.15. The fourth-order valence-electron chi connectivity index (χ4n) is 2.90. The van der Waals surface area contributed by atoms with Gasteiger partial charge in [-0.15, -0.1) is 46.7 Å². The largest absolute Gasteiger partial charge is 0.357 e. The Morgan fingerprint density at radius 3 is 2.92 bits per heavy atom. The van der Waals surface area contributed by atoms with Gasteiger partial charge in [-0.05, 0) is 49.4 Å². The number of halogens is 1. The van der Waals surface area contributed by atoms with E-state index in [-0.39, 0.29) is 24.0 Å². The number of thiophene rings is 2. The summed E-state index contributed by atoms with van der Waals surface area (Å²) < 4.78 is 0. The molecule has 2 aromatic rings. The minimum Gasteiger partial charge on any atom is -0.357 e. The molecule has 1 aliphatic rings. The Morgan fingerprint density at radius 2 is 2.16 bits per heavy atom. The molecule has 0 atom stereocenters. The molecule has 0 spiro atoms. The third kappa shape index (κ3) is 6.23. The van der Waals surface area contributed by atoms with Gasteiger partial charge in [0.25, 0.3) is 0 Å². The second-order valence-electron chi connectivity index (χ2n) is 6.03. The van der Waals surface area contributed by atoms with E-state index in [0.717, 1.165) is 45.2 Å². The lowest BCUT2D eigenvalue weighted by atomic mass is 10.1. The number of fused-ring (bicyclic) bond motifs is 1. The lowest BCUT2D eigenvalue weighted by Crippen LogP contribution is -2.42. The van der Waals surface area contributed by atoms with Crippen LogP contribution in [-0.4, -0.2) is 37.0 Å². The Hall–Kier alpha value is -0.640. The molecule has 0 saturated carbocycles. The Morgan fingerprint density at radius 1 is 1.28 bits per heavy atom. The summed E-state index contributed by atoms with van der Waals surface area (Å²) in [4.78, 5) is 11.4. The first-order chi connectivity index (χ1) is 11.7. The average Bonchev–Trinajstić information content (AvgIpc) is 3.20. The molecule has 2 aromatic heterocycles. The summed E-state index contributed by atoms with van der Waals surface area (Å²) in [5, 5.41) is 9.02. The number of hydrogen-bond acceptors (Lipinski definition) is 4. The molecule has 0 amide bonds. The van der Waals surface area contributed by atoms with Crippen molar-refractivity contribution >= 4 is 52.6 Å². The van der Waals surface area contributed by atoms with Crippen molar-refractivity contribution in [1.29, 1.82) is 0 Å². The van der Waals surface area contributed by atoms with Crippen LogP contribution in [0.25, 0.3) is 0 Å². The molecule has 3 heterocycles. The van der Waals surface area contributed by atoms with Crippen molar-refractivity contribution in [2.24, 2.45) is 4.99 Å². The van der Waals surface area contributed by atoms with E-state index in [9.17, 15) is 0 Å². The monoisotopic (exact) mass is 490 g/mol. The van der Waals surface area contributed by atoms with Crippen LogP contribution in [0.3, 0.4) is 0 Å². The van der Waals surface area contributed by atoms with E-state index in [4.69, 9.17) is 4.99 Å². The number of aryl methyl sites for hydroxylation is 1. The summed E-state index contributed by atoms with van der Waals surface area (Å²) in [5.74, 6) is 0.914. The Bertz CT molecular complexity index is 680. The van der Waals surface area contributed by atoms with Gasteiger partial charge >= 0.3 is 0 Å². The summed E-state index contributed by atoms with van der Waals surface area (Å²) in [6.45, 7) is 10.1. The van der Waals surface area contributed by atoms with E-state index in [1.165, 1.54) is 21.7 Å². The van der Waals surface area contributed by atoms with Crippen LogP contribution in [0.15, 0.2) is 28.6 Å². The summed E-state index contributed by atoms with van der Waals surface area (Å²) in [6, 6.07) is 6.60. The summed E-state index contributed by atoms with van der Waals surface area (Å²) in [5.41, 5.74) is 1.51. The average molecular weight is 490 g/mol. The van der Waals surface area contributed by atoms with Crippen molar-refractivity contribution in [1.82, 2.24) is 15.5 Å². The van der Waals surface area contributed by atoms with Crippen LogP contribution in [0.4, 0.5) is 0 Å². The molecule has 0 aromatic carbocycles. The van der Waals surface area contributed by atoms with Gasteiger partial charge in [0.1, 0.15) is 0 Å². The van der Waals surface area contributed by atoms with Gasteiger partial charge in [-0.3, -0.25) is 4.90 Å². The summed E-state index contributed by atoms with van der Waals surface area (Å²) in [7, 11) is 0.